The maximum absolute atomic E-state index is 12.8. The summed E-state index contributed by atoms with van der Waals surface area (Å²) in [7, 11) is 7.54. The van der Waals surface area contributed by atoms with Gasteiger partial charge >= 0.3 is 0 Å². The number of likely N-dealkylation sites (N-methyl/N-ethyl adjacent to an activating group) is 2. The fourth-order valence-electron chi connectivity index (χ4n) is 2.32. The van der Waals surface area contributed by atoms with Crippen molar-refractivity contribution in [3.63, 3.8) is 0 Å². The van der Waals surface area contributed by atoms with Crippen LogP contribution in [0.5, 0.6) is 0 Å². The van der Waals surface area contributed by atoms with Crippen molar-refractivity contribution >= 4 is 5.91 Å². The molecule has 0 aliphatic carbocycles. The van der Waals surface area contributed by atoms with Gasteiger partial charge in [0.05, 0.1) is 12.6 Å². The Hall–Kier alpha value is -2.21. The number of aromatic nitrogens is 3. The topological polar surface area (TPSA) is 54.3 Å². The number of carbonyl (C=O) groups is 1. The molecule has 0 unspecified atom stereocenters. The molecule has 0 saturated heterocycles. The van der Waals surface area contributed by atoms with Crippen LogP contribution in [-0.4, -0.2) is 57.7 Å². The summed E-state index contributed by atoms with van der Waals surface area (Å²) in [6.45, 7) is 0.453. The molecule has 0 bridgehead atoms. The van der Waals surface area contributed by atoms with Crippen molar-refractivity contribution in [2.24, 2.45) is 7.05 Å². The van der Waals surface area contributed by atoms with Crippen LogP contribution in [0.2, 0.25) is 0 Å². The molecule has 0 spiro atoms. The number of benzene rings is 1. The lowest BCUT2D eigenvalue weighted by Gasteiger charge is -2.28. The van der Waals surface area contributed by atoms with Crippen molar-refractivity contribution in [3.8, 4) is 0 Å². The highest BCUT2D eigenvalue weighted by Gasteiger charge is 2.25. The van der Waals surface area contributed by atoms with Gasteiger partial charge in [0.25, 0.3) is 0 Å². The molecule has 1 aromatic carbocycles. The Labute approximate surface area is 131 Å². The molecule has 1 amide bonds. The van der Waals surface area contributed by atoms with Crippen LogP contribution < -0.4 is 0 Å². The summed E-state index contributed by atoms with van der Waals surface area (Å²) in [4.78, 5) is 16.4. The Morgan fingerprint density at radius 1 is 1.23 bits per heavy atom. The SMILES string of the molecule is CN(Cc1nncn1C)C(=O)[C@H](Cc1ccccc1)N(C)C. The molecule has 0 radical (unpaired) electrons. The fraction of sp³-hybridized carbons (Fsp3) is 0.438. The maximum Gasteiger partial charge on any atom is 0.240 e. The van der Waals surface area contributed by atoms with Gasteiger partial charge in [-0.3, -0.25) is 9.69 Å². The van der Waals surface area contributed by atoms with E-state index in [0.717, 1.165) is 11.4 Å². The summed E-state index contributed by atoms with van der Waals surface area (Å²) in [6, 6.07) is 9.88. The number of amides is 1. The predicted octanol–water partition coefficient (Wildman–Crippen LogP) is 0.946. The number of nitrogens with zero attached hydrogens (tertiary/aromatic N) is 5. The highest BCUT2D eigenvalue weighted by atomic mass is 16.2. The van der Waals surface area contributed by atoms with E-state index in [9.17, 15) is 4.79 Å². The molecule has 6 nitrogen and oxygen atoms in total. The smallest absolute Gasteiger partial charge is 0.240 e. The first-order valence-corrected chi connectivity index (χ1v) is 7.27. The summed E-state index contributed by atoms with van der Waals surface area (Å²) < 4.78 is 1.83. The standard InChI is InChI=1S/C16H23N5O/c1-19(2)14(10-13-8-6-5-7-9-13)16(22)20(3)11-15-18-17-12-21(15)4/h5-9,12,14H,10-11H2,1-4H3/t14-/m0/s1. The van der Waals surface area contributed by atoms with Crippen LogP contribution in [0.15, 0.2) is 36.7 Å². The van der Waals surface area contributed by atoms with Gasteiger partial charge in [-0.05, 0) is 26.1 Å². The molecule has 1 heterocycles. The Kier molecular flexibility index (Phi) is 5.27. The quantitative estimate of drug-likeness (QED) is 0.797. The second kappa shape index (κ2) is 7.17. The first kappa shape index (κ1) is 16.2. The molecule has 0 saturated carbocycles. The predicted molar refractivity (Wildman–Crippen MR) is 85.1 cm³/mol. The molecule has 0 aliphatic heterocycles. The zero-order chi connectivity index (χ0) is 16.1. The van der Waals surface area contributed by atoms with Crippen LogP contribution >= 0.6 is 0 Å². The van der Waals surface area contributed by atoms with Gasteiger partial charge in [0.15, 0.2) is 5.82 Å². The molecule has 6 heteroatoms. The van der Waals surface area contributed by atoms with Crippen LogP contribution in [-0.2, 0) is 24.8 Å². The van der Waals surface area contributed by atoms with Crippen molar-refractivity contribution in [3.05, 3.63) is 48.0 Å². The number of rotatable bonds is 6. The molecule has 0 aliphatic rings. The largest absolute Gasteiger partial charge is 0.337 e. The third-order valence-electron chi connectivity index (χ3n) is 3.74. The van der Waals surface area contributed by atoms with Crippen LogP contribution in [0.1, 0.15) is 11.4 Å². The molecule has 22 heavy (non-hydrogen) atoms. The van der Waals surface area contributed by atoms with E-state index in [1.54, 1.807) is 18.3 Å². The first-order valence-electron chi connectivity index (χ1n) is 7.27. The zero-order valence-electron chi connectivity index (χ0n) is 13.6. The van der Waals surface area contributed by atoms with E-state index in [2.05, 4.69) is 10.2 Å². The number of aryl methyl sites for hydroxylation is 1. The van der Waals surface area contributed by atoms with E-state index in [1.165, 1.54) is 0 Å². The minimum atomic E-state index is -0.194. The molecule has 2 rings (SSSR count). The summed E-state index contributed by atoms with van der Waals surface area (Å²) in [5, 5.41) is 7.88. The number of hydrogen-bond donors (Lipinski definition) is 0. The van der Waals surface area contributed by atoms with E-state index in [0.29, 0.717) is 13.0 Å². The van der Waals surface area contributed by atoms with Crippen LogP contribution in [0.25, 0.3) is 0 Å². The molecule has 0 N–H and O–H groups in total. The van der Waals surface area contributed by atoms with Gasteiger partial charge < -0.3 is 9.47 Å². The summed E-state index contributed by atoms with van der Waals surface area (Å²) in [5.74, 6) is 0.852. The second-order valence-corrected chi connectivity index (χ2v) is 5.72. The van der Waals surface area contributed by atoms with Crippen molar-refractivity contribution in [2.45, 2.75) is 19.0 Å². The summed E-state index contributed by atoms with van der Waals surface area (Å²) >= 11 is 0. The summed E-state index contributed by atoms with van der Waals surface area (Å²) in [6.07, 6.45) is 2.33. The average Bonchev–Trinajstić information content (AvgIpc) is 2.90. The average molecular weight is 301 g/mol. The number of hydrogen-bond acceptors (Lipinski definition) is 4. The van der Waals surface area contributed by atoms with Crippen LogP contribution in [0.3, 0.4) is 0 Å². The Balaban J connectivity index is 2.07. The third-order valence-corrected chi connectivity index (χ3v) is 3.74. The van der Waals surface area contributed by atoms with Gasteiger partial charge in [0, 0.05) is 14.1 Å². The Morgan fingerprint density at radius 3 is 2.45 bits per heavy atom. The second-order valence-electron chi connectivity index (χ2n) is 5.72. The van der Waals surface area contributed by atoms with E-state index in [-0.39, 0.29) is 11.9 Å². The van der Waals surface area contributed by atoms with E-state index in [4.69, 9.17) is 0 Å². The van der Waals surface area contributed by atoms with Gasteiger partial charge in [-0.2, -0.15) is 0 Å². The molecular formula is C16H23N5O. The van der Waals surface area contributed by atoms with Crippen molar-refractivity contribution in [1.82, 2.24) is 24.6 Å². The lowest BCUT2D eigenvalue weighted by molar-refractivity contribution is -0.135. The Bertz CT molecular complexity index is 608. The minimum absolute atomic E-state index is 0.0804. The van der Waals surface area contributed by atoms with Crippen molar-refractivity contribution in [1.29, 1.82) is 0 Å². The van der Waals surface area contributed by atoms with Gasteiger partial charge in [0.1, 0.15) is 6.33 Å². The normalized spacial score (nSPS) is 12.4. The fourth-order valence-corrected chi connectivity index (χ4v) is 2.32. The molecule has 1 atom stereocenters. The van der Waals surface area contributed by atoms with Gasteiger partial charge in [-0.1, -0.05) is 30.3 Å². The molecule has 118 valence electrons. The van der Waals surface area contributed by atoms with Crippen molar-refractivity contribution < 1.29 is 4.79 Å². The number of carbonyl (C=O) groups excluding carboxylic acids is 1. The zero-order valence-corrected chi connectivity index (χ0v) is 13.6. The van der Waals surface area contributed by atoms with Crippen molar-refractivity contribution in [2.75, 3.05) is 21.1 Å². The molecule has 0 fully saturated rings. The van der Waals surface area contributed by atoms with Gasteiger partial charge in [-0.25, -0.2) is 0 Å². The van der Waals surface area contributed by atoms with Gasteiger partial charge in [0.2, 0.25) is 5.91 Å². The van der Waals surface area contributed by atoms with E-state index >= 15 is 0 Å². The molecule has 2 aromatic rings. The third kappa shape index (κ3) is 3.92. The summed E-state index contributed by atoms with van der Waals surface area (Å²) in [5.41, 5.74) is 1.15. The monoisotopic (exact) mass is 301 g/mol. The molecular weight excluding hydrogens is 278 g/mol. The lowest BCUT2D eigenvalue weighted by Crippen LogP contribution is -2.45. The van der Waals surface area contributed by atoms with E-state index in [1.807, 2.05) is 60.9 Å². The maximum atomic E-state index is 12.8. The van der Waals surface area contributed by atoms with E-state index < -0.39 is 0 Å². The highest BCUT2D eigenvalue weighted by molar-refractivity contribution is 5.81. The van der Waals surface area contributed by atoms with Gasteiger partial charge in [-0.15, -0.1) is 10.2 Å². The first-order chi connectivity index (χ1) is 10.5. The highest BCUT2D eigenvalue weighted by Crippen LogP contribution is 2.10. The van der Waals surface area contributed by atoms with Crippen LogP contribution in [0, 0.1) is 0 Å². The minimum Gasteiger partial charge on any atom is -0.337 e. The Morgan fingerprint density at radius 2 is 1.91 bits per heavy atom. The lowest BCUT2D eigenvalue weighted by atomic mass is 10.0. The van der Waals surface area contributed by atoms with Crippen LogP contribution in [0.4, 0.5) is 0 Å². The molecule has 1 aromatic heterocycles.